The van der Waals surface area contributed by atoms with E-state index in [9.17, 15) is 0 Å². The van der Waals surface area contributed by atoms with Crippen molar-refractivity contribution < 1.29 is 4.74 Å². The number of aromatic nitrogens is 2. The van der Waals surface area contributed by atoms with Gasteiger partial charge in [0.1, 0.15) is 11.5 Å². The van der Waals surface area contributed by atoms with Gasteiger partial charge in [-0.25, -0.2) is 4.98 Å². The Morgan fingerprint density at radius 1 is 1.69 bits per heavy atom. The van der Waals surface area contributed by atoms with Gasteiger partial charge >= 0.3 is 0 Å². The summed E-state index contributed by atoms with van der Waals surface area (Å²) in [6.07, 6.45) is 1.57. The molecule has 0 unspecified atom stereocenters. The first kappa shape index (κ1) is 9.66. The highest BCUT2D eigenvalue weighted by atomic mass is 32.1. The van der Waals surface area contributed by atoms with Crippen LogP contribution in [0, 0.1) is 6.92 Å². The van der Waals surface area contributed by atoms with Gasteiger partial charge < -0.3 is 15.8 Å². The Hall–Kier alpha value is -1.43. The van der Waals surface area contributed by atoms with Gasteiger partial charge in [-0.15, -0.1) is 0 Å². The molecule has 1 rings (SSSR count). The first-order valence-electron chi connectivity index (χ1n) is 3.57. The normalized spacial score (nSPS) is 9.38. The number of methoxy groups -OCH3 is 1. The maximum absolute atomic E-state index is 5.30. The molecule has 3 N–H and O–H groups in total. The highest BCUT2D eigenvalue weighted by Gasteiger charge is 2.05. The molecule has 1 heterocycles. The smallest absolute Gasteiger partial charge is 0.240 e. The standard InChI is InChI=1S/C7H10N4OS/c1-4-9-3-5(11-7(8)13)6(10-4)12-2/h3H,1-2H3,(H3,8,11,13). The van der Waals surface area contributed by atoms with Crippen molar-refractivity contribution in [3.05, 3.63) is 12.0 Å². The fourth-order valence-electron chi connectivity index (χ4n) is 0.823. The van der Waals surface area contributed by atoms with Crippen molar-refractivity contribution in [1.29, 1.82) is 0 Å². The molecule has 0 aliphatic rings. The summed E-state index contributed by atoms with van der Waals surface area (Å²) in [6.45, 7) is 1.77. The average molecular weight is 198 g/mol. The summed E-state index contributed by atoms with van der Waals surface area (Å²) in [6, 6.07) is 0. The molecule has 0 atom stereocenters. The minimum atomic E-state index is 0.158. The number of hydrogen-bond donors (Lipinski definition) is 2. The summed E-state index contributed by atoms with van der Waals surface area (Å²) < 4.78 is 5.00. The lowest BCUT2D eigenvalue weighted by molar-refractivity contribution is 0.398. The van der Waals surface area contributed by atoms with Crippen molar-refractivity contribution in [3.8, 4) is 5.88 Å². The molecule has 0 aromatic carbocycles. The maximum atomic E-state index is 5.30. The van der Waals surface area contributed by atoms with E-state index in [1.807, 2.05) is 0 Å². The summed E-state index contributed by atoms with van der Waals surface area (Å²) in [5, 5.41) is 2.87. The van der Waals surface area contributed by atoms with Crippen molar-refractivity contribution in [1.82, 2.24) is 9.97 Å². The highest BCUT2D eigenvalue weighted by molar-refractivity contribution is 7.80. The zero-order valence-corrected chi connectivity index (χ0v) is 8.18. The van der Waals surface area contributed by atoms with Crippen molar-refractivity contribution in [3.63, 3.8) is 0 Å². The second kappa shape index (κ2) is 3.99. The maximum Gasteiger partial charge on any atom is 0.240 e. The van der Waals surface area contributed by atoms with Crippen LogP contribution in [-0.2, 0) is 0 Å². The Kier molecular flexibility index (Phi) is 2.97. The van der Waals surface area contributed by atoms with E-state index < -0.39 is 0 Å². The number of rotatable bonds is 2. The minimum absolute atomic E-state index is 0.158. The van der Waals surface area contributed by atoms with E-state index >= 15 is 0 Å². The fraction of sp³-hybridized carbons (Fsp3) is 0.286. The molecule has 6 heteroatoms. The molecule has 0 saturated carbocycles. The molecular weight excluding hydrogens is 188 g/mol. The second-order valence-corrected chi connectivity index (χ2v) is 2.77. The van der Waals surface area contributed by atoms with Gasteiger partial charge in [0.25, 0.3) is 0 Å². The average Bonchev–Trinajstić information content (AvgIpc) is 2.07. The third-order valence-corrected chi connectivity index (χ3v) is 1.43. The molecule has 0 spiro atoms. The number of nitrogens with one attached hydrogen (secondary N) is 1. The van der Waals surface area contributed by atoms with Gasteiger partial charge in [-0.1, -0.05) is 0 Å². The topological polar surface area (TPSA) is 73.1 Å². The molecular formula is C7H10N4OS. The largest absolute Gasteiger partial charge is 0.479 e. The summed E-state index contributed by atoms with van der Waals surface area (Å²) in [7, 11) is 1.52. The molecule has 5 nitrogen and oxygen atoms in total. The molecule has 13 heavy (non-hydrogen) atoms. The molecule has 1 aromatic heterocycles. The van der Waals surface area contributed by atoms with Crippen LogP contribution in [0.1, 0.15) is 5.82 Å². The van der Waals surface area contributed by atoms with Gasteiger partial charge in [-0.2, -0.15) is 4.98 Å². The number of nitrogens with two attached hydrogens (primary N) is 1. The van der Waals surface area contributed by atoms with Gasteiger partial charge in [0, 0.05) is 0 Å². The molecule has 0 saturated heterocycles. The third-order valence-electron chi connectivity index (χ3n) is 1.33. The Morgan fingerprint density at radius 2 is 2.38 bits per heavy atom. The number of nitrogens with zero attached hydrogens (tertiary/aromatic N) is 2. The minimum Gasteiger partial charge on any atom is -0.479 e. The van der Waals surface area contributed by atoms with Gasteiger partial charge in [0.2, 0.25) is 5.88 Å². The van der Waals surface area contributed by atoms with Crippen LogP contribution in [0.4, 0.5) is 5.69 Å². The van der Waals surface area contributed by atoms with E-state index in [0.29, 0.717) is 17.4 Å². The van der Waals surface area contributed by atoms with Gasteiger partial charge in [-0.05, 0) is 19.1 Å². The lowest BCUT2D eigenvalue weighted by Crippen LogP contribution is -2.19. The monoisotopic (exact) mass is 198 g/mol. The number of thiocarbonyl (C=S) groups is 1. The predicted molar refractivity (Wildman–Crippen MR) is 53.7 cm³/mol. The first-order chi connectivity index (χ1) is 6.13. The Morgan fingerprint density at radius 3 is 2.92 bits per heavy atom. The summed E-state index contributed by atoms with van der Waals surface area (Å²) in [4.78, 5) is 8.01. The van der Waals surface area contributed by atoms with Crippen molar-refractivity contribution in [2.24, 2.45) is 5.73 Å². The van der Waals surface area contributed by atoms with Crippen LogP contribution < -0.4 is 15.8 Å². The number of aryl methyl sites for hydroxylation is 1. The molecule has 0 radical (unpaired) electrons. The Labute approximate surface area is 81.3 Å². The van der Waals surface area contributed by atoms with Crippen LogP contribution in [0.3, 0.4) is 0 Å². The van der Waals surface area contributed by atoms with Crippen LogP contribution >= 0.6 is 12.2 Å². The molecule has 70 valence electrons. The predicted octanol–water partition coefficient (Wildman–Crippen LogP) is 0.449. The van der Waals surface area contributed by atoms with Gasteiger partial charge in [0.05, 0.1) is 13.3 Å². The summed E-state index contributed by atoms with van der Waals surface area (Å²) >= 11 is 4.67. The Bertz CT molecular complexity index is 328. The lowest BCUT2D eigenvalue weighted by atomic mass is 10.5. The zero-order chi connectivity index (χ0) is 9.84. The lowest BCUT2D eigenvalue weighted by Gasteiger charge is -2.07. The van der Waals surface area contributed by atoms with E-state index in [1.54, 1.807) is 13.1 Å². The quantitative estimate of drug-likeness (QED) is 0.672. The molecule has 0 amide bonds. The third kappa shape index (κ3) is 2.51. The first-order valence-corrected chi connectivity index (χ1v) is 3.98. The van der Waals surface area contributed by atoms with Gasteiger partial charge in [0.15, 0.2) is 5.11 Å². The Balaban J connectivity index is 2.99. The molecule has 1 aromatic rings. The van der Waals surface area contributed by atoms with E-state index in [-0.39, 0.29) is 5.11 Å². The van der Waals surface area contributed by atoms with E-state index in [2.05, 4.69) is 27.5 Å². The van der Waals surface area contributed by atoms with E-state index in [4.69, 9.17) is 10.5 Å². The van der Waals surface area contributed by atoms with E-state index in [0.717, 1.165) is 0 Å². The number of ether oxygens (including phenoxy) is 1. The second-order valence-electron chi connectivity index (χ2n) is 2.33. The highest BCUT2D eigenvalue weighted by Crippen LogP contribution is 2.19. The summed E-state index contributed by atoms with van der Waals surface area (Å²) in [5.41, 5.74) is 5.87. The molecule has 0 bridgehead atoms. The van der Waals surface area contributed by atoms with Gasteiger partial charge in [-0.3, -0.25) is 0 Å². The van der Waals surface area contributed by atoms with Crippen LogP contribution in [0.5, 0.6) is 5.88 Å². The van der Waals surface area contributed by atoms with Crippen molar-refractivity contribution in [2.75, 3.05) is 12.4 Å². The zero-order valence-electron chi connectivity index (χ0n) is 7.37. The molecule has 0 fully saturated rings. The molecule has 0 aliphatic carbocycles. The summed E-state index contributed by atoms with van der Waals surface area (Å²) in [5.74, 6) is 1.06. The van der Waals surface area contributed by atoms with E-state index in [1.165, 1.54) is 7.11 Å². The van der Waals surface area contributed by atoms with Crippen molar-refractivity contribution >= 4 is 23.0 Å². The van der Waals surface area contributed by atoms with Crippen molar-refractivity contribution in [2.45, 2.75) is 6.92 Å². The number of hydrogen-bond acceptors (Lipinski definition) is 4. The van der Waals surface area contributed by atoms with Crippen LogP contribution in [-0.4, -0.2) is 22.2 Å². The van der Waals surface area contributed by atoms with Crippen LogP contribution in [0.15, 0.2) is 6.20 Å². The van der Waals surface area contributed by atoms with Crippen LogP contribution in [0.2, 0.25) is 0 Å². The number of anilines is 1. The molecule has 0 aliphatic heterocycles. The van der Waals surface area contributed by atoms with Crippen LogP contribution in [0.25, 0.3) is 0 Å². The SMILES string of the molecule is COc1nc(C)ncc1NC(N)=S. The fourth-order valence-corrected chi connectivity index (χ4v) is 0.933.